The zero-order chi connectivity index (χ0) is 16.8. The molecule has 23 heavy (non-hydrogen) atoms. The van der Waals surface area contributed by atoms with Gasteiger partial charge in [0.1, 0.15) is 0 Å². The van der Waals surface area contributed by atoms with E-state index in [9.17, 15) is 0 Å². The van der Waals surface area contributed by atoms with E-state index in [-0.39, 0.29) is 6.04 Å². The van der Waals surface area contributed by atoms with Crippen LogP contribution in [-0.4, -0.2) is 5.11 Å². The first-order valence-corrected chi connectivity index (χ1v) is 9.04. The van der Waals surface area contributed by atoms with Crippen molar-refractivity contribution in [2.45, 2.75) is 33.2 Å². The highest BCUT2D eigenvalue weighted by molar-refractivity contribution is 9.10. The van der Waals surface area contributed by atoms with Crippen molar-refractivity contribution in [1.29, 1.82) is 0 Å². The van der Waals surface area contributed by atoms with Gasteiger partial charge < -0.3 is 10.6 Å². The van der Waals surface area contributed by atoms with Crippen LogP contribution in [0.1, 0.15) is 37.4 Å². The predicted molar refractivity (Wildman–Crippen MR) is 107 cm³/mol. The number of anilines is 1. The fourth-order valence-electron chi connectivity index (χ4n) is 2.48. The van der Waals surface area contributed by atoms with Crippen molar-refractivity contribution in [2.75, 3.05) is 5.32 Å². The van der Waals surface area contributed by atoms with Gasteiger partial charge in [-0.1, -0.05) is 60.1 Å². The second kappa shape index (κ2) is 8.46. The van der Waals surface area contributed by atoms with Gasteiger partial charge >= 0.3 is 0 Å². The summed E-state index contributed by atoms with van der Waals surface area (Å²) in [6.45, 7) is 6.52. The lowest BCUT2D eigenvalue weighted by molar-refractivity contribution is 0.481. The highest BCUT2D eigenvalue weighted by atomic mass is 79.9. The van der Waals surface area contributed by atoms with E-state index in [0.29, 0.717) is 11.0 Å². The maximum absolute atomic E-state index is 5.51. The average Bonchev–Trinajstić information content (AvgIpc) is 2.51. The number of thiocarbonyl (C=S) groups is 1. The molecule has 0 saturated heterocycles. The van der Waals surface area contributed by atoms with Crippen LogP contribution in [0.2, 0.25) is 0 Å². The van der Waals surface area contributed by atoms with E-state index in [1.165, 1.54) is 11.1 Å². The Balaban J connectivity index is 2.06. The van der Waals surface area contributed by atoms with Crippen LogP contribution in [0.4, 0.5) is 5.69 Å². The molecule has 1 atom stereocenters. The summed E-state index contributed by atoms with van der Waals surface area (Å²) in [5.74, 6) is 0.588. The predicted octanol–water partition coefficient (Wildman–Crippen LogP) is 5.83. The van der Waals surface area contributed by atoms with E-state index in [1.807, 2.05) is 18.2 Å². The third kappa shape index (κ3) is 5.63. The van der Waals surface area contributed by atoms with Crippen molar-refractivity contribution < 1.29 is 0 Å². The number of nitrogens with one attached hydrogen (secondary N) is 2. The van der Waals surface area contributed by atoms with Gasteiger partial charge in [-0.2, -0.15) is 0 Å². The third-order valence-electron chi connectivity index (χ3n) is 3.63. The van der Waals surface area contributed by atoms with Crippen molar-refractivity contribution in [2.24, 2.45) is 5.92 Å². The Morgan fingerprint density at radius 2 is 1.83 bits per heavy atom. The van der Waals surface area contributed by atoms with Gasteiger partial charge in [0.25, 0.3) is 0 Å². The summed E-state index contributed by atoms with van der Waals surface area (Å²) < 4.78 is 1.10. The molecule has 0 spiro atoms. The van der Waals surface area contributed by atoms with E-state index in [2.05, 4.69) is 77.7 Å². The summed E-state index contributed by atoms with van der Waals surface area (Å²) in [6.07, 6.45) is 1.03. The largest absolute Gasteiger partial charge is 0.356 e. The number of aryl methyl sites for hydroxylation is 1. The molecule has 2 N–H and O–H groups in total. The lowest BCUT2D eigenvalue weighted by Crippen LogP contribution is -2.33. The molecule has 2 rings (SSSR count). The van der Waals surface area contributed by atoms with Crippen LogP contribution in [0.15, 0.2) is 53.0 Å². The Bertz CT molecular complexity index is 656. The van der Waals surface area contributed by atoms with E-state index >= 15 is 0 Å². The molecule has 2 aromatic rings. The summed E-state index contributed by atoms with van der Waals surface area (Å²) in [6, 6.07) is 16.8. The number of benzene rings is 2. The lowest BCUT2D eigenvalue weighted by atomic mass is 9.97. The molecular formula is C19H23BrN2S. The Hall–Kier alpha value is -1.39. The molecule has 2 aromatic carbocycles. The van der Waals surface area contributed by atoms with E-state index < -0.39 is 0 Å². The van der Waals surface area contributed by atoms with E-state index in [1.54, 1.807) is 0 Å². The van der Waals surface area contributed by atoms with Crippen molar-refractivity contribution >= 4 is 38.9 Å². The molecular weight excluding hydrogens is 368 g/mol. The molecule has 0 heterocycles. The van der Waals surface area contributed by atoms with Gasteiger partial charge in [0.05, 0.1) is 6.04 Å². The second-order valence-electron chi connectivity index (χ2n) is 6.16. The molecule has 0 aliphatic rings. The Kier molecular flexibility index (Phi) is 6.60. The molecule has 0 fully saturated rings. The first kappa shape index (κ1) is 18.0. The maximum Gasteiger partial charge on any atom is 0.171 e. The van der Waals surface area contributed by atoms with Crippen LogP contribution in [0.5, 0.6) is 0 Å². The summed E-state index contributed by atoms with van der Waals surface area (Å²) >= 11 is 9.02. The molecule has 122 valence electrons. The summed E-state index contributed by atoms with van der Waals surface area (Å²) in [5.41, 5.74) is 3.44. The van der Waals surface area contributed by atoms with E-state index in [0.717, 1.165) is 16.6 Å². The minimum atomic E-state index is 0.216. The molecule has 0 unspecified atom stereocenters. The molecule has 2 nitrogen and oxygen atoms in total. The third-order valence-corrected chi connectivity index (χ3v) is 4.74. The highest BCUT2D eigenvalue weighted by Crippen LogP contribution is 2.22. The Labute approximate surface area is 152 Å². The zero-order valence-electron chi connectivity index (χ0n) is 13.8. The van der Waals surface area contributed by atoms with Crippen LogP contribution in [0.25, 0.3) is 0 Å². The SMILES string of the molecule is Cc1cc(NC(=S)N[C@H](CC(C)C)c2ccccc2)ccc1Br. The normalized spacial score (nSPS) is 12.0. The Morgan fingerprint density at radius 1 is 1.13 bits per heavy atom. The van der Waals surface area contributed by atoms with Gasteiger partial charge in [0.15, 0.2) is 5.11 Å². The van der Waals surface area contributed by atoms with Crippen molar-refractivity contribution in [3.8, 4) is 0 Å². The lowest BCUT2D eigenvalue weighted by Gasteiger charge is -2.23. The zero-order valence-corrected chi connectivity index (χ0v) is 16.2. The second-order valence-corrected chi connectivity index (χ2v) is 7.42. The minimum Gasteiger partial charge on any atom is -0.356 e. The topological polar surface area (TPSA) is 24.1 Å². The quantitative estimate of drug-likeness (QED) is 0.627. The van der Waals surface area contributed by atoms with Gasteiger partial charge in [-0.15, -0.1) is 0 Å². The minimum absolute atomic E-state index is 0.216. The van der Waals surface area contributed by atoms with E-state index in [4.69, 9.17) is 12.2 Å². The molecule has 0 amide bonds. The van der Waals surface area contributed by atoms with Gasteiger partial charge in [0.2, 0.25) is 0 Å². The first-order chi connectivity index (χ1) is 11.0. The molecule has 0 bridgehead atoms. The van der Waals surface area contributed by atoms with Crippen LogP contribution in [0, 0.1) is 12.8 Å². The number of hydrogen-bond donors (Lipinski definition) is 2. The number of hydrogen-bond acceptors (Lipinski definition) is 1. The van der Waals surface area contributed by atoms with Crippen molar-refractivity contribution in [1.82, 2.24) is 5.32 Å². The molecule has 0 aliphatic carbocycles. The molecule has 0 radical (unpaired) electrons. The monoisotopic (exact) mass is 390 g/mol. The first-order valence-electron chi connectivity index (χ1n) is 7.84. The smallest absolute Gasteiger partial charge is 0.171 e. The average molecular weight is 391 g/mol. The van der Waals surface area contributed by atoms with Crippen LogP contribution >= 0.6 is 28.1 Å². The van der Waals surface area contributed by atoms with Crippen LogP contribution in [0.3, 0.4) is 0 Å². The summed E-state index contributed by atoms with van der Waals surface area (Å²) in [4.78, 5) is 0. The van der Waals surface area contributed by atoms with Crippen LogP contribution < -0.4 is 10.6 Å². The number of halogens is 1. The maximum atomic E-state index is 5.51. The van der Waals surface area contributed by atoms with Crippen molar-refractivity contribution in [3.05, 3.63) is 64.1 Å². The van der Waals surface area contributed by atoms with Crippen LogP contribution in [-0.2, 0) is 0 Å². The summed E-state index contributed by atoms with van der Waals surface area (Å²) in [7, 11) is 0. The number of rotatable bonds is 5. The summed E-state index contributed by atoms with van der Waals surface area (Å²) in [5, 5.41) is 7.39. The molecule has 0 aromatic heterocycles. The van der Waals surface area contributed by atoms with Gasteiger partial charge in [-0.3, -0.25) is 0 Å². The van der Waals surface area contributed by atoms with Gasteiger partial charge in [-0.05, 0) is 60.8 Å². The molecule has 0 saturated carbocycles. The molecule has 4 heteroatoms. The fraction of sp³-hybridized carbons (Fsp3) is 0.316. The molecule has 0 aliphatic heterocycles. The van der Waals surface area contributed by atoms with Gasteiger partial charge in [0, 0.05) is 10.2 Å². The highest BCUT2D eigenvalue weighted by Gasteiger charge is 2.14. The fourth-order valence-corrected chi connectivity index (χ4v) is 2.99. The Morgan fingerprint density at radius 3 is 2.43 bits per heavy atom. The van der Waals surface area contributed by atoms with Crippen molar-refractivity contribution in [3.63, 3.8) is 0 Å². The standard InChI is InChI=1S/C19H23BrN2S/c1-13(2)11-18(15-7-5-4-6-8-15)22-19(23)21-16-9-10-17(20)14(3)12-16/h4-10,12-13,18H,11H2,1-3H3,(H2,21,22,23)/t18-/m1/s1. The van der Waals surface area contributed by atoms with Gasteiger partial charge in [-0.25, -0.2) is 0 Å².